The van der Waals surface area contributed by atoms with Crippen molar-refractivity contribution >= 4 is 0 Å². The molecule has 0 fully saturated rings. The third-order valence-corrected chi connectivity index (χ3v) is 2.54. The van der Waals surface area contributed by atoms with Crippen molar-refractivity contribution in [2.75, 3.05) is 5.84 Å². The van der Waals surface area contributed by atoms with Crippen LogP contribution < -0.4 is 5.84 Å². The van der Waals surface area contributed by atoms with Crippen LogP contribution in [-0.2, 0) is 0 Å². The summed E-state index contributed by atoms with van der Waals surface area (Å²) in [5.41, 5.74) is 1.64. The van der Waals surface area contributed by atoms with Gasteiger partial charge in [0.15, 0.2) is 11.6 Å². The molecular weight excluding hydrogens is 228 g/mol. The fraction of sp³-hybridized carbons (Fsp3) is 0. The lowest BCUT2D eigenvalue weighted by atomic mass is 10.2. The summed E-state index contributed by atoms with van der Waals surface area (Å²) in [4.78, 5) is 8.07. The summed E-state index contributed by atoms with van der Waals surface area (Å²) in [5, 5.41) is 8.17. The molecule has 0 saturated carbocycles. The monoisotopic (exact) mass is 238 g/mol. The minimum absolute atomic E-state index is 0.571. The van der Waals surface area contributed by atoms with Crippen molar-refractivity contribution in [3.05, 3.63) is 49.1 Å². The molecule has 0 bridgehead atoms. The lowest BCUT2D eigenvalue weighted by Gasteiger charge is -2.02. The summed E-state index contributed by atoms with van der Waals surface area (Å²) >= 11 is 0. The van der Waals surface area contributed by atoms with Gasteiger partial charge in [0.05, 0.1) is 0 Å². The van der Waals surface area contributed by atoms with Gasteiger partial charge in [0.25, 0.3) is 0 Å². The van der Waals surface area contributed by atoms with Crippen LogP contribution in [-0.4, -0.2) is 24.8 Å². The Balaban J connectivity index is 2.09. The molecule has 3 aromatic heterocycles. The third-order valence-electron chi connectivity index (χ3n) is 2.54. The summed E-state index contributed by atoms with van der Waals surface area (Å²) in [5.74, 6) is 7.15. The van der Waals surface area contributed by atoms with E-state index in [2.05, 4.69) is 20.2 Å². The Bertz CT molecular complexity index is 590. The average molecular weight is 238 g/mol. The fourth-order valence-corrected chi connectivity index (χ4v) is 1.68. The molecule has 3 aromatic rings. The number of hydrogen-bond donors (Lipinski definition) is 1. The average Bonchev–Trinajstić information content (AvgIpc) is 2.83. The number of hydrogen-bond acceptors (Lipinski definition) is 5. The largest absolute Gasteiger partial charge is 0.336 e. The van der Waals surface area contributed by atoms with Gasteiger partial charge in [-0.15, -0.1) is 10.2 Å². The molecule has 6 heteroatoms. The highest BCUT2D eigenvalue weighted by Gasteiger charge is 2.12. The zero-order valence-electron chi connectivity index (χ0n) is 9.43. The molecular formula is C12H10N6. The first kappa shape index (κ1) is 10.4. The third kappa shape index (κ3) is 1.69. The van der Waals surface area contributed by atoms with Gasteiger partial charge in [-0.2, -0.15) is 0 Å². The summed E-state index contributed by atoms with van der Waals surface area (Å²) in [6, 6.07) is 7.42. The first-order valence-corrected chi connectivity index (χ1v) is 5.37. The van der Waals surface area contributed by atoms with E-state index < -0.39 is 0 Å². The maximum absolute atomic E-state index is 6.00. The van der Waals surface area contributed by atoms with Crippen molar-refractivity contribution < 1.29 is 0 Å². The normalized spacial score (nSPS) is 10.4. The van der Waals surface area contributed by atoms with Crippen molar-refractivity contribution in [1.82, 2.24) is 24.8 Å². The van der Waals surface area contributed by atoms with Gasteiger partial charge in [0.1, 0.15) is 0 Å². The first-order valence-electron chi connectivity index (χ1n) is 5.37. The molecule has 0 radical (unpaired) electrons. The molecule has 0 unspecified atom stereocenters. The molecule has 3 heterocycles. The van der Waals surface area contributed by atoms with Crippen LogP contribution in [0.3, 0.4) is 0 Å². The van der Waals surface area contributed by atoms with Gasteiger partial charge in [0, 0.05) is 35.9 Å². The molecule has 88 valence electrons. The van der Waals surface area contributed by atoms with Gasteiger partial charge < -0.3 is 5.84 Å². The quantitative estimate of drug-likeness (QED) is 0.676. The van der Waals surface area contributed by atoms with Crippen LogP contribution in [0, 0.1) is 0 Å². The second-order valence-electron chi connectivity index (χ2n) is 3.70. The van der Waals surface area contributed by atoms with Crippen LogP contribution in [0.5, 0.6) is 0 Å². The fourth-order valence-electron chi connectivity index (χ4n) is 1.68. The predicted octanol–water partition coefficient (Wildman–Crippen LogP) is 1.12. The summed E-state index contributed by atoms with van der Waals surface area (Å²) in [7, 11) is 0. The highest BCUT2D eigenvalue weighted by atomic mass is 15.4. The van der Waals surface area contributed by atoms with Gasteiger partial charge in [-0.1, -0.05) is 0 Å². The van der Waals surface area contributed by atoms with Crippen LogP contribution in [0.1, 0.15) is 0 Å². The SMILES string of the molecule is Nn1c(-c2cccnc2)nnc1-c1cccnc1. The van der Waals surface area contributed by atoms with Crippen molar-refractivity contribution in [3.8, 4) is 22.8 Å². The molecule has 0 aromatic carbocycles. The summed E-state index contributed by atoms with van der Waals surface area (Å²) in [6.45, 7) is 0. The van der Waals surface area contributed by atoms with Crippen molar-refractivity contribution in [3.63, 3.8) is 0 Å². The molecule has 0 aliphatic rings. The van der Waals surface area contributed by atoms with Gasteiger partial charge in [-0.25, -0.2) is 4.68 Å². The van der Waals surface area contributed by atoms with E-state index in [-0.39, 0.29) is 0 Å². The molecule has 0 atom stereocenters. The van der Waals surface area contributed by atoms with E-state index >= 15 is 0 Å². The van der Waals surface area contributed by atoms with E-state index in [1.54, 1.807) is 24.8 Å². The van der Waals surface area contributed by atoms with Gasteiger partial charge in [0.2, 0.25) is 0 Å². The highest BCUT2D eigenvalue weighted by molar-refractivity contribution is 5.61. The van der Waals surface area contributed by atoms with E-state index in [9.17, 15) is 0 Å². The molecule has 0 spiro atoms. The van der Waals surface area contributed by atoms with Crippen molar-refractivity contribution in [1.29, 1.82) is 0 Å². The van der Waals surface area contributed by atoms with E-state index in [1.165, 1.54) is 4.68 Å². The van der Waals surface area contributed by atoms with Crippen molar-refractivity contribution in [2.45, 2.75) is 0 Å². The van der Waals surface area contributed by atoms with Crippen LogP contribution in [0.25, 0.3) is 22.8 Å². The smallest absolute Gasteiger partial charge is 0.184 e. The summed E-state index contributed by atoms with van der Waals surface area (Å²) in [6.07, 6.45) is 6.78. The van der Waals surface area contributed by atoms with Crippen LogP contribution in [0.15, 0.2) is 49.1 Å². The lowest BCUT2D eigenvalue weighted by Crippen LogP contribution is -2.12. The van der Waals surface area contributed by atoms with Crippen molar-refractivity contribution in [2.24, 2.45) is 0 Å². The number of pyridine rings is 2. The molecule has 0 aliphatic carbocycles. The number of nitrogens with zero attached hydrogens (tertiary/aromatic N) is 5. The van der Waals surface area contributed by atoms with Gasteiger partial charge in [-0.3, -0.25) is 9.97 Å². The Morgan fingerprint density at radius 1 is 0.833 bits per heavy atom. The van der Waals surface area contributed by atoms with Crippen LogP contribution in [0.2, 0.25) is 0 Å². The van der Waals surface area contributed by atoms with Gasteiger partial charge >= 0.3 is 0 Å². The first-order chi connectivity index (χ1) is 8.86. The zero-order valence-corrected chi connectivity index (χ0v) is 9.43. The summed E-state index contributed by atoms with van der Waals surface area (Å²) < 4.78 is 1.44. The van der Waals surface area contributed by atoms with E-state index in [0.717, 1.165) is 11.1 Å². The van der Waals surface area contributed by atoms with Gasteiger partial charge in [-0.05, 0) is 24.3 Å². The molecule has 0 amide bonds. The van der Waals surface area contributed by atoms with Crippen LogP contribution >= 0.6 is 0 Å². The zero-order chi connectivity index (χ0) is 12.4. The number of nitrogen functional groups attached to an aromatic ring is 1. The Morgan fingerprint density at radius 3 is 1.72 bits per heavy atom. The maximum Gasteiger partial charge on any atom is 0.184 e. The second-order valence-corrected chi connectivity index (χ2v) is 3.70. The standard InChI is InChI=1S/C12H10N6/c13-18-11(9-3-1-5-14-7-9)16-17-12(18)10-4-2-6-15-8-10/h1-8H,13H2. The number of nitrogens with two attached hydrogens (primary N) is 1. The van der Waals surface area contributed by atoms with E-state index in [0.29, 0.717) is 11.6 Å². The minimum atomic E-state index is 0.571. The highest BCUT2D eigenvalue weighted by Crippen LogP contribution is 2.20. The molecule has 6 nitrogen and oxygen atoms in total. The topological polar surface area (TPSA) is 82.5 Å². The van der Waals surface area contributed by atoms with E-state index in [1.807, 2.05) is 24.3 Å². The molecule has 2 N–H and O–H groups in total. The molecule has 3 rings (SSSR count). The Labute approximate surface area is 103 Å². The predicted molar refractivity (Wildman–Crippen MR) is 66.6 cm³/mol. The lowest BCUT2D eigenvalue weighted by molar-refractivity contribution is 1.01. The Kier molecular flexibility index (Phi) is 2.45. The number of aromatic nitrogens is 5. The maximum atomic E-state index is 6.00. The Morgan fingerprint density at radius 2 is 1.33 bits per heavy atom. The van der Waals surface area contributed by atoms with Crippen LogP contribution in [0.4, 0.5) is 0 Å². The van der Waals surface area contributed by atoms with E-state index in [4.69, 9.17) is 5.84 Å². The minimum Gasteiger partial charge on any atom is -0.336 e. The molecule has 0 saturated heterocycles. The molecule has 18 heavy (non-hydrogen) atoms. The number of rotatable bonds is 2. The second kappa shape index (κ2) is 4.25. The molecule has 0 aliphatic heterocycles. The Hall–Kier alpha value is -2.76.